The molecule has 0 N–H and O–H groups in total. The van der Waals surface area contributed by atoms with E-state index >= 15 is 0 Å². The summed E-state index contributed by atoms with van der Waals surface area (Å²) in [5.74, 6) is 1.65. The van der Waals surface area contributed by atoms with Crippen LogP contribution < -0.4 is 4.74 Å². The van der Waals surface area contributed by atoms with Crippen molar-refractivity contribution in [2.75, 3.05) is 6.61 Å². The highest BCUT2D eigenvalue weighted by Crippen LogP contribution is 2.10. The molecule has 0 atom stereocenters. The number of ether oxygens (including phenoxy) is 1. The van der Waals surface area contributed by atoms with Gasteiger partial charge in [0.25, 0.3) is 0 Å². The van der Waals surface area contributed by atoms with E-state index in [2.05, 4.69) is 25.9 Å². The fourth-order valence-electron chi connectivity index (χ4n) is 1.27. The molecule has 3 nitrogen and oxygen atoms in total. The number of aromatic nitrogens is 2. The fourth-order valence-corrected chi connectivity index (χ4v) is 1.27. The van der Waals surface area contributed by atoms with E-state index in [9.17, 15) is 0 Å². The van der Waals surface area contributed by atoms with E-state index in [1.165, 1.54) is 6.42 Å². The van der Waals surface area contributed by atoms with Gasteiger partial charge in [0.2, 0.25) is 0 Å². The van der Waals surface area contributed by atoms with E-state index < -0.39 is 0 Å². The van der Waals surface area contributed by atoms with Crippen LogP contribution in [0, 0.1) is 5.92 Å². The van der Waals surface area contributed by atoms with Crippen LogP contribution in [0.2, 0.25) is 0 Å². The molecule has 0 fully saturated rings. The van der Waals surface area contributed by atoms with Gasteiger partial charge in [-0.3, -0.25) is 4.68 Å². The topological polar surface area (TPSA) is 27.1 Å². The monoisotopic (exact) mass is 196 g/mol. The van der Waals surface area contributed by atoms with Gasteiger partial charge in [-0.2, -0.15) is 5.10 Å². The lowest BCUT2D eigenvalue weighted by molar-refractivity contribution is 0.297. The number of aryl methyl sites for hydroxylation is 1. The summed E-state index contributed by atoms with van der Waals surface area (Å²) in [6.07, 6.45) is 6.06. The molecule has 1 heterocycles. The maximum atomic E-state index is 5.56. The largest absolute Gasteiger partial charge is 0.490 e. The van der Waals surface area contributed by atoms with Gasteiger partial charge in [0, 0.05) is 6.54 Å². The van der Waals surface area contributed by atoms with Crippen LogP contribution in [0.25, 0.3) is 0 Å². The Morgan fingerprint density at radius 2 is 2.29 bits per heavy atom. The van der Waals surface area contributed by atoms with Crippen molar-refractivity contribution < 1.29 is 4.74 Å². The molecule has 0 amide bonds. The van der Waals surface area contributed by atoms with Crippen molar-refractivity contribution in [3.8, 4) is 5.75 Å². The highest BCUT2D eigenvalue weighted by Gasteiger charge is 1.98. The second-order valence-electron chi connectivity index (χ2n) is 3.92. The quantitative estimate of drug-likeness (QED) is 0.654. The van der Waals surface area contributed by atoms with Crippen LogP contribution in [0.3, 0.4) is 0 Å². The lowest BCUT2D eigenvalue weighted by Crippen LogP contribution is -1.99. The maximum absolute atomic E-state index is 5.56. The van der Waals surface area contributed by atoms with Crippen LogP contribution in [0.1, 0.15) is 33.6 Å². The van der Waals surface area contributed by atoms with E-state index in [0.29, 0.717) is 0 Å². The summed E-state index contributed by atoms with van der Waals surface area (Å²) in [5.41, 5.74) is 0. The average molecular weight is 196 g/mol. The van der Waals surface area contributed by atoms with E-state index in [-0.39, 0.29) is 0 Å². The third-order valence-electron chi connectivity index (χ3n) is 2.13. The number of hydrogen-bond donors (Lipinski definition) is 0. The summed E-state index contributed by atoms with van der Waals surface area (Å²) in [7, 11) is 0. The van der Waals surface area contributed by atoms with Gasteiger partial charge in [-0.1, -0.05) is 13.8 Å². The van der Waals surface area contributed by atoms with Gasteiger partial charge in [-0.25, -0.2) is 0 Å². The molecule has 0 saturated carbocycles. The van der Waals surface area contributed by atoms with Crippen molar-refractivity contribution in [3.63, 3.8) is 0 Å². The van der Waals surface area contributed by atoms with E-state index in [0.717, 1.165) is 31.2 Å². The number of hydrogen-bond acceptors (Lipinski definition) is 2. The summed E-state index contributed by atoms with van der Waals surface area (Å²) in [5, 5.41) is 4.14. The normalized spacial score (nSPS) is 10.9. The summed E-state index contributed by atoms with van der Waals surface area (Å²) in [6, 6.07) is 0. The van der Waals surface area contributed by atoms with Gasteiger partial charge >= 0.3 is 0 Å². The first-order valence-corrected chi connectivity index (χ1v) is 5.37. The Morgan fingerprint density at radius 1 is 1.50 bits per heavy atom. The summed E-state index contributed by atoms with van der Waals surface area (Å²) in [6.45, 7) is 8.22. The number of nitrogens with zero attached hydrogens (tertiary/aromatic N) is 2. The molecule has 80 valence electrons. The van der Waals surface area contributed by atoms with Crippen LogP contribution in [0.4, 0.5) is 0 Å². The van der Waals surface area contributed by atoms with Crippen molar-refractivity contribution in [1.29, 1.82) is 0 Å². The summed E-state index contributed by atoms with van der Waals surface area (Å²) < 4.78 is 7.43. The van der Waals surface area contributed by atoms with E-state index in [4.69, 9.17) is 4.74 Å². The Morgan fingerprint density at radius 3 is 2.86 bits per heavy atom. The molecule has 0 bridgehead atoms. The molecular formula is C11H20N2O. The van der Waals surface area contributed by atoms with Crippen LogP contribution in [-0.2, 0) is 6.54 Å². The zero-order valence-corrected chi connectivity index (χ0v) is 9.36. The first kappa shape index (κ1) is 11.1. The molecule has 1 aromatic heterocycles. The minimum atomic E-state index is 0.761. The first-order chi connectivity index (χ1) is 6.72. The Labute approximate surface area is 86.1 Å². The molecular weight excluding hydrogens is 176 g/mol. The van der Waals surface area contributed by atoms with Gasteiger partial charge in [0.1, 0.15) is 0 Å². The molecule has 1 aromatic rings. The SMILES string of the molecule is CCn1cc(OCCCC(C)C)cn1. The van der Waals surface area contributed by atoms with Gasteiger partial charge < -0.3 is 4.74 Å². The lowest BCUT2D eigenvalue weighted by atomic mass is 10.1. The predicted octanol–water partition coefficient (Wildman–Crippen LogP) is 2.72. The first-order valence-electron chi connectivity index (χ1n) is 5.37. The third-order valence-corrected chi connectivity index (χ3v) is 2.13. The molecule has 14 heavy (non-hydrogen) atoms. The highest BCUT2D eigenvalue weighted by atomic mass is 16.5. The van der Waals surface area contributed by atoms with Crippen molar-refractivity contribution in [2.45, 2.75) is 40.2 Å². The van der Waals surface area contributed by atoms with Crippen molar-refractivity contribution in [2.24, 2.45) is 5.92 Å². The Bertz CT molecular complexity index is 256. The van der Waals surface area contributed by atoms with Crippen molar-refractivity contribution in [1.82, 2.24) is 9.78 Å². The molecule has 0 unspecified atom stereocenters. The van der Waals surface area contributed by atoms with Crippen LogP contribution in [0.15, 0.2) is 12.4 Å². The molecule has 0 radical (unpaired) electrons. The van der Waals surface area contributed by atoms with E-state index in [1.54, 1.807) is 6.20 Å². The fraction of sp³-hybridized carbons (Fsp3) is 0.727. The maximum Gasteiger partial charge on any atom is 0.157 e. The van der Waals surface area contributed by atoms with Gasteiger partial charge in [0.05, 0.1) is 19.0 Å². The molecule has 1 rings (SSSR count). The van der Waals surface area contributed by atoms with Crippen molar-refractivity contribution >= 4 is 0 Å². The highest BCUT2D eigenvalue weighted by molar-refractivity contribution is 5.11. The Hall–Kier alpha value is -0.990. The van der Waals surface area contributed by atoms with Crippen LogP contribution in [0.5, 0.6) is 5.75 Å². The van der Waals surface area contributed by atoms with Crippen molar-refractivity contribution in [3.05, 3.63) is 12.4 Å². The van der Waals surface area contributed by atoms with Crippen LogP contribution in [-0.4, -0.2) is 16.4 Å². The standard InChI is InChI=1S/C11H20N2O/c1-4-13-9-11(8-12-13)14-7-5-6-10(2)3/h8-10H,4-7H2,1-3H3. The zero-order valence-electron chi connectivity index (χ0n) is 9.36. The molecule has 0 aliphatic rings. The third kappa shape index (κ3) is 3.81. The molecule has 3 heteroatoms. The van der Waals surface area contributed by atoms with Gasteiger partial charge in [-0.05, 0) is 25.7 Å². The molecule has 0 saturated heterocycles. The number of rotatable bonds is 6. The molecule has 0 spiro atoms. The summed E-state index contributed by atoms with van der Waals surface area (Å²) in [4.78, 5) is 0. The zero-order chi connectivity index (χ0) is 10.4. The Balaban J connectivity index is 2.18. The lowest BCUT2D eigenvalue weighted by Gasteiger charge is -2.05. The van der Waals surface area contributed by atoms with Gasteiger partial charge in [-0.15, -0.1) is 0 Å². The second-order valence-corrected chi connectivity index (χ2v) is 3.92. The Kier molecular flexibility index (Phi) is 4.50. The molecule has 0 aliphatic carbocycles. The minimum absolute atomic E-state index is 0.761. The van der Waals surface area contributed by atoms with Crippen LogP contribution >= 0.6 is 0 Å². The predicted molar refractivity (Wildman–Crippen MR) is 57.5 cm³/mol. The second kappa shape index (κ2) is 5.68. The van der Waals surface area contributed by atoms with Gasteiger partial charge in [0.15, 0.2) is 5.75 Å². The smallest absolute Gasteiger partial charge is 0.157 e. The minimum Gasteiger partial charge on any atom is -0.490 e. The summed E-state index contributed by atoms with van der Waals surface area (Å²) >= 11 is 0. The molecule has 0 aliphatic heterocycles. The van der Waals surface area contributed by atoms with E-state index in [1.807, 2.05) is 10.9 Å². The molecule has 0 aromatic carbocycles. The average Bonchev–Trinajstić information content (AvgIpc) is 2.60.